The molecule has 0 radical (unpaired) electrons. The van der Waals surface area contributed by atoms with E-state index < -0.39 is 0 Å². The predicted molar refractivity (Wildman–Crippen MR) is 44.4 cm³/mol. The van der Waals surface area contributed by atoms with Crippen molar-refractivity contribution < 1.29 is 9.21 Å². The fraction of sp³-hybridized carbons (Fsp3) is 0. The van der Waals surface area contributed by atoms with Crippen LogP contribution in [-0.4, -0.2) is 11.3 Å². The van der Waals surface area contributed by atoms with Gasteiger partial charge in [-0.15, -0.1) is 0 Å². The maximum absolute atomic E-state index is 10.5. The van der Waals surface area contributed by atoms with Crippen molar-refractivity contribution in [2.24, 2.45) is 0 Å². The Kier molecular flexibility index (Phi) is 1.59. The summed E-state index contributed by atoms with van der Waals surface area (Å²) in [6.45, 7) is 0. The van der Waals surface area contributed by atoms with E-state index in [0.717, 1.165) is 0 Å². The maximum Gasteiger partial charge on any atom is 0.155 e. The fourth-order valence-corrected chi connectivity index (χ4v) is 1.23. The molecule has 0 fully saturated rings. The van der Waals surface area contributed by atoms with E-state index in [9.17, 15) is 4.79 Å². The Balaban J connectivity index is 2.91. The van der Waals surface area contributed by atoms with Crippen LogP contribution in [-0.2, 0) is 0 Å². The first-order valence-corrected chi connectivity index (χ1v) is 3.67. The maximum atomic E-state index is 10.5. The van der Waals surface area contributed by atoms with Crippen LogP contribution in [0.2, 0.25) is 5.15 Å². The lowest BCUT2D eigenvalue weighted by Crippen LogP contribution is -1.83. The van der Waals surface area contributed by atoms with E-state index in [1.54, 1.807) is 6.07 Å². The highest BCUT2D eigenvalue weighted by molar-refractivity contribution is 6.34. The molecule has 0 spiro atoms. The van der Waals surface area contributed by atoms with Gasteiger partial charge in [-0.05, 0) is 6.07 Å². The second-order valence-electron chi connectivity index (χ2n) is 2.29. The molecule has 2 rings (SSSR count). The molecule has 0 aromatic carbocycles. The molecule has 2 aromatic rings. The van der Waals surface area contributed by atoms with Crippen molar-refractivity contribution in [1.29, 1.82) is 0 Å². The average Bonchev–Trinajstić information content (AvgIpc) is 2.54. The molecule has 4 heteroatoms. The number of nitrogens with zero attached hydrogens (tertiary/aromatic N) is 1. The van der Waals surface area contributed by atoms with E-state index in [2.05, 4.69) is 4.98 Å². The molecule has 0 N–H and O–H groups in total. The Labute approximate surface area is 73.0 Å². The lowest BCUT2D eigenvalue weighted by Gasteiger charge is -1.93. The van der Waals surface area contributed by atoms with Crippen LogP contribution < -0.4 is 0 Å². The summed E-state index contributed by atoms with van der Waals surface area (Å²) in [6, 6.07) is 1.68. The van der Waals surface area contributed by atoms with Crippen molar-refractivity contribution in [3.63, 3.8) is 0 Å². The molecular weight excluding hydrogens is 178 g/mol. The van der Waals surface area contributed by atoms with Gasteiger partial charge < -0.3 is 4.42 Å². The van der Waals surface area contributed by atoms with Gasteiger partial charge >= 0.3 is 0 Å². The van der Waals surface area contributed by atoms with Crippen molar-refractivity contribution >= 4 is 28.9 Å². The first-order chi connectivity index (χ1) is 5.83. The summed E-state index contributed by atoms with van der Waals surface area (Å²) in [4.78, 5) is 14.3. The Morgan fingerprint density at radius 2 is 2.42 bits per heavy atom. The summed E-state index contributed by atoms with van der Waals surface area (Å²) in [5.74, 6) is 0. The zero-order valence-corrected chi connectivity index (χ0v) is 6.71. The Hall–Kier alpha value is -1.35. The van der Waals surface area contributed by atoms with E-state index in [0.29, 0.717) is 28.0 Å². The van der Waals surface area contributed by atoms with Crippen LogP contribution in [0.3, 0.4) is 0 Å². The van der Waals surface area contributed by atoms with Crippen LogP contribution in [0.4, 0.5) is 0 Å². The van der Waals surface area contributed by atoms with Gasteiger partial charge in [0.05, 0.1) is 17.2 Å². The van der Waals surface area contributed by atoms with Crippen LogP contribution in [0.15, 0.2) is 22.9 Å². The van der Waals surface area contributed by atoms with Gasteiger partial charge in [0, 0.05) is 6.20 Å². The molecule has 3 nitrogen and oxygen atoms in total. The van der Waals surface area contributed by atoms with Gasteiger partial charge in [0.1, 0.15) is 10.7 Å². The van der Waals surface area contributed by atoms with E-state index in [-0.39, 0.29) is 0 Å². The summed E-state index contributed by atoms with van der Waals surface area (Å²) >= 11 is 5.74. The monoisotopic (exact) mass is 181 g/mol. The molecule has 0 amide bonds. The van der Waals surface area contributed by atoms with Gasteiger partial charge in [0.25, 0.3) is 0 Å². The number of fused-ring (bicyclic) bond motifs is 1. The molecule has 2 heterocycles. The Morgan fingerprint density at radius 3 is 3.17 bits per heavy atom. The summed E-state index contributed by atoms with van der Waals surface area (Å²) < 4.78 is 5.07. The third-order valence-electron chi connectivity index (χ3n) is 1.59. The molecule has 0 aliphatic carbocycles. The van der Waals surface area contributed by atoms with Crippen molar-refractivity contribution in [3.05, 3.63) is 29.2 Å². The Bertz CT molecular complexity index is 436. The largest absolute Gasteiger partial charge is 0.463 e. The van der Waals surface area contributed by atoms with Crippen LogP contribution in [0.25, 0.3) is 11.0 Å². The number of pyridine rings is 1. The minimum atomic E-state index is 0.351. The van der Waals surface area contributed by atoms with Crippen LogP contribution >= 0.6 is 11.6 Å². The van der Waals surface area contributed by atoms with E-state index >= 15 is 0 Å². The van der Waals surface area contributed by atoms with Gasteiger partial charge in [0.2, 0.25) is 0 Å². The molecule has 0 saturated heterocycles. The van der Waals surface area contributed by atoms with Crippen LogP contribution in [0.1, 0.15) is 10.4 Å². The van der Waals surface area contributed by atoms with Crippen LogP contribution in [0.5, 0.6) is 0 Å². The minimum Gasteiger partial charge on any atom is -0.463 e. The van der Waals surface area contributed by atoms with Crippen molar-refractivity contribution in [3.8, 4) is 0 Å². The summed E-state index contributed by atoms with van der Waals surface area (Å²) in [5, 5.41) is 1.02. The Morgan fingerprint density at radius 1 is 1.58 bits per heavy atom. The highest BCUT2D eigenvalue weighted by atomic mass is 35.5. The van der Waals surface area contributed by atoms with Gasteiger partial charge in [-0.2, -0.15) is 0 Å². The molecule has 2 aromatic heterocycles. The van der Waals surface area contributed by atoms with Gasteiger partial charge in [-0.3, -0.25) is 4.79 Å². The molecule has 0 unspecified atom stereocenters. The average molecular weight is 182 g/mol. The number of rotatable bonds is 1. The van der Waals surface area contributed by atoms with Gasteiger partial charge in [-0.25, -0.2) is 4.98 Å². The number of aldehydes is 1. The van der Waals surface area contributed by atoms with E-state index in [1.165, 1.54) is 12.5 Å². The number of hydrogen-bond donors (Lipinski definition) is 0. The quantitative estimate of drug-likeness (QED) is 0.501. The number of aromatic nitrogens is 1. The number of furan rings is 1. The molecule has 0 saturated carbocycles. The highest BCUT2D eigenvalue weighted by Gasteiger charge is 2.07. The number of halogens is 1. The highest BCUT2D eigenvalue weighted by Crippen LogP contribution is 2.24. The minimum absolute atomic E-state index is 0.351. The lowest BCUT2D eigenvalue weighted by molar-refractivity contribution is 0.112. The third-order valence-corrected chi connectivity index (χ3v) is 1.89. The van der Waals surface area contributed by atoms with Crippen molar-refractivity contribution in [2.45, 2.75) is 0 Å². The number of hydrogen-bond acceptors (Lipinski definition) is 3. The van der Waals surface area contributed by atoms with Gasteiger partial charge in [-0.1, -0.05) is 11.6 Å². The third kappa shape index (κ3) is 0.905. The fourth-order valence-electron chi connectivity index (χ4n) is 1.03. The molecule has 0 bridgehead atoms. The van der Waals surface area contributed by atoms with E-state index in [4.69, 9.17) is 16.0 Å². The summed E-state index contributed by atoms with van der Waals surface area (Å²) in [7, 11) is 0. The molecule has 0 aliphatic heterocycles. The topological polar surface area (TPSA) is 43.1 Å². The first kappa shape index (κ1) is 7.31. The molecule has 0 aliphatic rings. The number of carbonyl (C=O) groups is 1. The molecule has 0 atom stereocenters. The lowest BCUT2D eigenvalue weighted by atomic mass is 10.2. The first-order valence-electron chi connectivity index (χ1n) is 3.30. The molecular formula is C8H4ClNO2. The standard InChI is InChI=1S/C8H4ClNO2/c9-8-6-1-2-12-7(6)5(4-11)3-10-8/h1-4H. The summed E-state index contributed by atoms with van der Waals surface area (Å²) in [5.41, 5.74) is 0.907. The van der Waals surface area contributed by atoms with Gasteiger partial charge in [0.15, 0.2) is 6.29 Å². The predicted octanol–water partition coefficient (Wildman–Crippen LogP) is 2.29. The van der Waals surface area contributed by atoms with Crippen LogP contribution in [0, 0.1) is 0 Å². The number of carbonyl (C=O) groups excluding carboxylic acids is 1. The molecule has 12 heavy (non-hydrogen) atoms. The molecule has 60 valence electrons. The zero-order chi connectivity index (χ0) is 8.55. The van der Waals surface area contributed by atoms with E-state index in [1.807, 2.05) is 0 Å². The zero-order valence-electron chi connectivity index (χ0n) is 5.95. The second kappa shape index (κ2) is 2.60. The van der Waals surface area contributed by atoms with Crippen molar-refractivity contribution in [2.75, 3.05) is 0 Å². The second-order valence-corrected chi connectivity index (χ2v) is 2.64. The van der Waals surface area contributed by atoms with Crippen molar-refractivity contribution in [1.82, 2.24) is 4.98 Å². The summed E-state index contributed by atoms with van der Waals surface area (Å²) in [6.07, 6.45) is 3.56. The normalized spacial score (nSPS) is 10.4. The SMILES string of the molecule is O=Cc1cnc(Cl)c2ccoc12. The smallest absolute Gasteiger partial charge is 0.155 e.